The monoisotopic (exact) mass is 248 g/mol. The fourth-order valence-electron chi connectivity index (χ4n) is 1.46. The van der Waals surface area contributed by atoms with Gasteiger partial charge in [0.1, 0.15) is 6.07 Å². The number of hydrogen-bond acceptors (Lipinski definition) is 3. The molecular weight excluding hydrogens is 228 g/mol. The highest BCUT2D eigenvalue weighted by Gasteiger charge is 2.15. The van der Waals surface area contributed by atoms with Gasteiger partial charge in [-0.2, -0.15) is 5.26 Å². The van der Waals surface area contributed by atoms with Crippen LogP contribution in [0.3, 0.4) is 0 Å². The van der Waals surface area contributed by atoms with Crippen LogP contribution >= 0.6 is 11.8 Å². The highest BCUT2D eigenvalue weighted by atomic mass is 32.2. The Kier molecular flexibility index (Phi) is 5.04. The minimum absolute atomic E-state index is 0.134. The predicted octanol–water partition coefficient (Wildman–Crippen LogP) is 3.56. The Labute approximate surface area is 108 Å². The van der Waals surface area contributed by atoms with Crippen LogP contribution in [0.15, 0.2) is 23.1 Å². The lowest BCUT2D eigenvalue weighted by molar-refractivity contribution is 0.726. The second kappa shape index (κ2) is 6.09. The Hall–Kier alpha value is -0.980. The number of nitriles is 1. The number of thioether (sulfide) groups is 1. The van der Waals surface area contributed by atoms with E-state index in [9.17, 15) is 5.26 Å². The molecule has 0 aliphatic rings. The zero-order valence-electron chi connectivity index (χ0n) is 11.0. The Morgan fingerprint density at radius 2 is 2.06 bits per heavy atom. The molecule has 3 heteroatoms. The fraction of sp³-hybridized carbons (Fsp3) is 0.500. The predicted molar refractivity (Wildman–Crippen MR) is 74.1 cm³/mol. The van der Waals surface area contributed by atoms with E-state index in [1.807, 2.05) is 6.07 Å². The molecule has 1 rings (SSSR count). The van der Waals surface area contributed by atoms with Crippen molar-refractivity contribution < 1.29 is 0 Å². The summed E-state index contributed by atoms with van der Waals surface area (Å²) in [6.45, 7) is 10.3. The zero-order chi connectivity index (χ0) is 12.9. The lowest BCUT2D eigenvalue weighted by Gasteiger charge is -2.18. The molecule has 0 spiro atoms. The molecule has 0 radical (unpaired) electrons. The van der Waals surface area contributed by atoms with Gasteiger partial charge in [0.2, 0.25) is 0 Å². The molecule has 0 bridgehead atoms. The molecule has 1 aromatic carbocycles. The van der Waals surface area contributed by atoms with Gasteiger partial charge in [-0.05, 0) is 24.2 Å². The topological polar surface area (TPSA) is 35.8 Å². The van der Waals surface area contributed by atoms with Crippen LogP contribution in [-0.4, -0.2) is 11.3 Å². The van der Waals surface area contributed by atoms with Crippen molar-refractivity contribution in [3.05, 3.63) is 29.3 Å². The van der Waals surface area contributed by atoms with Gasteiger partial charge in [0, 0.05) is 16.2 Å². The summed E-state index contributed by atoms with van der Waals surface area (Å²) < 4.78 is 0.134. The van der Waals surface area contributed by atoms with Crippen LogP contribution in [0.2, 0.25) is 0 Å². The number of benzene rings is 1. The smallest absolute Gasteiger partial charge is 0.100 e. The first-order chi connectivity index (χ1) is 7.96. The SMILES string of the molecule is CCNCc1ccc(SC(C)(C)C)c(C#N)c1. The van der Waals surface area contributed by atoms with Crippen LogP contribution in [-0.2, 0) is 6.54 Å². The standard InChI is InChI=1S/C14H20N2S/c1-5-16-10-11-6-7-13(12(8-11)9-15)17-14(2,3)4/h6-8,16H,5,10H2,1-4H3. The average Bonchev–Trinajstić information content (AvgIpc) is 2.25. The number of rotatable bonds is 4. The quantitative estimate of drug-likeness (QED) is 0.828. The van der Waals surface area contributed by atoms with Crippen LogP contribution in [0.1, 0.15) is 38.8 Å². The molecule has 1 aromatic rings. The third-order valence-electron chi connectivity index (χ3n) is 2.16. The first kappa shape index (κ1) is 14.1. The molecular formula is C14H20N2S. The van der Waals surface area contributed by atoms with Gasteiger partial charge >= 0.3 is 0 Å². The molecule has 0 saturated heterocycles. The van der Waals surface area contributed by atoms with Crippen molar-refractivity contribution in [3.63, 3.8) is 0 Å². The Morgan fingerprint density at radius 3 is 2.59 bits per heavy atom. The van der Waals surface area contributed by atoms with Gasteiger partial charge in [0.15, 0.2) is 0 Å². The second-order valence-electron chi connectivity index (χ2n) is 4.94. The Morgan fingerprint density at radius 1 is 1.35 bits per heavy atom. The van der Waals surface area contributed by atoms with Crippen molar-refractivity contribution in [2.24, 2.45) is 0 Å². The summed E-state index contributed by atoms with van der Waals surface area (Å²) in [5, 5.41) is 12.4. The van der Waals surface area contributed by atoms with E-state index in [1.165, 1.54) is 5.56 Å². The first-order valence-electron chi connectivity index (χ1n) is 5.89. The molecule has 17 heavy (non-hydrogen) atoms. The second-order valence-corrected chi connectivity index (χ2v) is 6.81. The minimum Gasteiger partial charge on any atom is -0.313 e. The van der Waals surface area contributed by atoms with Gasteiger partial charge in [-0.25, -0.2) is 0 Å². The van der Waals surface area contributed by atoms with Gasteiger partial charge in [-0.15, -0.1) is 11.8 Å². The molecule has 0 aliphatic heterocycles. The third-order valence-corrected chi connectivity index (χ3v) is 3.35. The van der Waals surface area contributed by atoms with E-state index < -0.39 is 0 Å². The van der Waals surface area contributed by atoms with Gasteiger partial charge in [-0.1, -0.05) is 33.8 Å². The maximum absolute atomic E-state index is 9.18. The van der Waals surface area contributed by atoms with E-state index in [0.29, 0.717) is 0 Å². The molecule has 0 heterocycles. The maximum atomic E-state index is 9.18. The number of hydrogen-bond donors (Lipinski definition) is 1. The minimum atomic E-state index is 0.134. The lowest BCUT2D eigenvalue weighted by atomic mass is 10.1. The van der Waals surface area contributed by atoms with E-state index in [4.69, 9.17) is 0 Å². The summed E-state index contributed by atoms with van der Waals surface area (Å²) in [5.74, 6) is 0. The van der Waals surface area contributed by atoms with E-state index in [1.54, 1.807) is 11.8 Å². The van der Waals surface area contributed by atoms with Crippen LogP contribution in [0, 0.1) is 11.3 Å². The van der Waals surface area contributed by atoms with E-state index in [-0.39, 0.29) is 4.75 Å². The summed E-state index contributed by atoms with van der Waals surface area (Å²) in [6.07, 6.45) is 0. The number of nitrogens with one attached hydrogen (secondary N) is 1. The van der Waals surface area contributed by atoms with Crippen LogP contribution in [0.5, 0.6) is 0 Å². The molecule has 0 amide bonds. The van der Waals surface area contributed by atoms with Crippen molar-refractivity contribution in [2.45, 2.75) is 43.9 Å². The van der Waals surface area contributed by atoms with Crippen molar-refractivity contribution in [1.82, 2.24) is 5.32 Å². The maximum Gasteiger partial charge on any atom is 0.100 e. The Bertz CT molecular complexity index is 413. The van der Waals surface area contributed by atoms with Gasteiger partial charge in [-0.3, -0.25) is 0 Å². The van der Waals surface area contributed by atoms with E-state index >= 15 is 0 Å². The molecule has 92 valence electrons. The molecule has 0 fully saturated rings. The van der Waals surface area contributed by atoms with Crippen LogP contribution in [0.25, 0.3) is 0 Å². The highest BCUT2D eigenvalue weighted by Crippen LogP contribution is 2.34. The van der Waals surface area contributed by atoms with E-state index in [2.05, 4.69) is 51.2 Å². The van der Waals surface area contributed by atoms with Gasteiger partial charge in [0.25, 0.3) is 0 Å². The number of nitrogens with zero attached hydrogens (tertiary/aromatic N) is 1. The summed E-state index contributed by atoms with van der Waals surface area (Å²) in [6, 6.07) is 8.42. The molecule has 0 aliphatic carbocycles. The third kappa shape index (κ3) is 4.80. The van der Waals surface area contributed by atoms with Gasteiger partial charge in [0.05, 0.1) is 5.56 Å². The van der Waals surface area contributed by atoms with Crippen molar-refractivity contribution in [3.8, 4) is 6.07 Å². The molecule has 1 N–H and O–H groups in total. The average molecular weight is 248 g/mol. The summed E-state index contributed by atoms with van der Waals surface area (Å²) in [7, 11) is 0. The molecule has 0 unspecified atom stereocenters. The van der Waals surface area contributed by atoms with Crippen molar-refractivity contribution in [2.75, 3.05) is 6.54 Å². The molecule has 0 atom stereocenters. The highest BCUT2D eigenvalue weighted by molar-refractivity contribution is 8.00. The molecule has 0 aromatic heterocycles. The normalized spacial score (nSPS) is 11.2. The van der Waals surface area contributed by atoms with Crippen LogP contribution < -0.4 is 5.32 Å². The van der Waals surface area contributed by atoms with Crippen molar-refractivity contribution in [1.29, 1.82) is 5.26 Å². The largest absolute Gasteiger partial charge is 0.313 e. The molecule has 2 nitrogen and oxygen atoms in total. The fourth-order valence-corrected chi connectivity index (χ4v) is 2.47. The summed E-state index contributed by atoms with van der Waals surface area (Å²) in [4.78, 5) is 1.07. The van der Waals surface area contributed by atoms with Gasteiger partial charge < -0.3 is 5.32 Å². The lowest BCUT2D eigenvalue weighted by Crippen LogP contribution is -2.12. The Balaban J connectivity index is 2.90. The zero-order valence-corrected chi connectivity index (χ0v) is 11.8. The first-order valence-corrected chi connectivity index (χ1v) is 6.70. The summed E-state index contributed by atoms with van der Waals surface area (Å²) in [5.41, 5.74) is 1.95. The van der Waals surface area contributed by atoms with Crippen molar-refractivity contribution >= 4 is 11.8 Å². The van der Waals surface area contributed by atoms with Crippen LogP contribution in [0.4, 0.5) is 0 Å². The molecule has 0 saturated carbocycles. The van der Waals surface area contributed by atoms with E-state index in [0.717, 1.165) is 23.5 Å². The summed E-state index contributed by atoms with van der Waals surface area (Å²) >= 11 is 1.74.